The highest BCUT2D eigenvalue weighted by molar-refractivity contribution is 7.99. The van der Waals surface area contributed by atoms with Crippen molar-refractivity contribution in [2.24, 2.45) is 5.73 Å². The Hall–Kier alpha value is -1.63. The lowest BCUT2D eigenvalue weighted by Gasteiger charge is -2.26. The number of amides is 1. The highest BCUT2D eigenvalue weighted by Gasteiger charge is 2.23. The second-order valence-electron chi connectivity index (χ2n) is 5.09. The van der Waals surface area contributed by atoms with Gasteiger partial charge in [0.15, 0.2) is 0 Å². The number of benzene rings is 1. The van der Waals surface area contributed by atoms with Crippen LogP contribution in [0.2, 0.25) is 0 Å². The quantitative estimate of drug-likeness (QED) is 0.889. The zero-order valence-corrected chi connectivity index (χ0v) is 13.9. The topological polar surface area (TPSA) is 68.0 Å². The number of nitrogens with one attached hydrogen (secondary N) is 1. The predicted molar refractivity (Wildman–Crippen MR) is 91.3 cm³/mol. The Labute approximate surface area is 144 Å². The van der Waals surface area contributed by atoms with Gasteiger partial charge < -0.3 is 11.1 Å². The van der Waals surface area contributed by atoms with Crippen LogP contribution in [0.25, 0.3) is 0 Å². The summed E-state index contributed by atoms with van der Waals surface area (Å²) in [5.41, 5.74) is 7.57. The zero-order valence-electron chi connectivity index (χ0n) is 12.3. The van der Waals surface area contributed by atoms with E-state index in [4.69, 9.17) is 5.73 Å². The lowest BCUT2D eigenvalue weighted by Crippen LogP contribution is -2.30. The molecule has 3 rings (SSSR count). The summed E-state index contributed by atoms with van der Waals surface area (Å²) >= 11 is 1.69. The standard InChI is InChI=1S/C16H16FN3OS.ClH/c17-11-1-2-15-13(8-11)14(4-6-22-15)20-16(21)10-3-5-19-12(7-10)9-18;/h1-3,5,7-8,14H,4,6,9,18H2,(H,20,21);1H. The second kappa shape index (κ2) is 7.77. The van der Waals surface area contributed by atoms with Crippen molar-refractivity contribution in [2.45, 2.75) is 23.9 Å². The Morgan fingerprint density at radius 2 is 2.22 bits per heavy atom. The van der Waals surface area contributed by atoms with Gasteiger partial charge >= 0.3 is 0 Å². The number of carbonyl (C=O) groups is 1. The summed E-state index contributed by atoms with van der Waals surface area (Å²) in [6, 6.07) is 7.88. The second-order valence-corrected chi connectivity index (χ2v) is 6.22. The highest BCUT2D eigenvalue weighted by Crippen LogP contribution is 2.36. The molecule has 122 valence electrons. The summed E-state index contributed by atoms with van der Waals surface area (Å²) in [6.07, 6.45) is 2.35. The fraction of sp³-hybridized carbons (Fsp3) is 0.250. The molecule has 1 unspecified atom stereocenters. The molecule has 1 aliphatic heterocycles. The molecule has 2 heterocycles. The largest absolute Gasteiger partial charge is 0.345 e. The average Bonchev–Trinajstić information content (AvgIpc) is 2.55. The number of hydrogen-bond donors (Lipinski definition) is 2. The van der Waals surface area contributed by atoms with Gasteiger partial charge in [-0.1, -0.05) is 0 Å². The Bertz CT molecular complexity index is 713. The van der Waals surface area contributed by atoms with Crippen LogP contribution in [0.15, 0.2) is 41.4 Å². The summed E-state index contributed by atoms with van der Waals surface area (Å²) in [7, 11) is 0. The van der Waals surface area contributed by atoms with E-state index in [0.717, 1.165) is 22.6 Å². The molecule has 1 aromatic carbocycles. The maximum atomic E-state index is 13.5. The number of nitrogens with zero attached hydrogens (tertiary/aromatic N) is 1. The number of pyridine rings is 1. The summed E-state index contributed by atoms with van der Waals surface area (Å²) in [6.45, 7) is 0.287. The minimum Gasteiger partial charge on any atom is -0.345 e. The molecule has 1 aromatic heterocycles. The molecule has 1 atom stereocenters. The van der Waals surface area contributed by atoms with E-state index in [1.165, 1.54) is 12.1 Å². The molecule has 0 saturated heterocycles. The van der Waals surface area contributed by atoms with Crippen LogP contribution in [-0.2, 0) is 6.54 Å². The van der Waals surface area contributed by atoms with Crippen molar-refractivity contribution in [3.63, 3.8) is 0 Å². The van der Waals surface area contributed by atoms with Crippen LogP contribution in [0.5, 0.6) is 0 Å². The van der Waals surface area contributed by atoms with Crippen molar-refractivity contribution in [3.8, 4) is 0 Å². The summed E-state index contributed by atoms with van der Waals surface area (Å²) < 4.78 is 13.5. The maximum absolute atomic E-state index is 13.5. The first kappa shape index (κ1) is 17.7. The number of thioether (sulfide) groups is 1. The monoisotopic (exact) mass is 353 g/mol. The number of fused-ring (bicyclic) bond motifs is 1. The Morgan fingerprint density at radius 1 is 1.39 bits per heavy atom. The first-order valence-electron chi connectivity index (χ1n) is 7.05. The van der Waals surface area contributed by atoms with Crippen LogP contribution in [0.3, 0.4) is 0 Å². The van der Waals surface area contributed by atoms with E-state index in [2.05, 4.69) is 10.3 Å². The van der Waals surface area contributed by atoms with Crippen LogP contribution in [-0.4, -0.2) is 16.6 Å². The molecule has 0 saturated carbocycles. The summed E-state index contributed by atoms with van der Waals surface area (Å²) in [5, 5.41) is 2.98. The fourth-order valence-corrected chi connectivity index (χ4v) is 3.59. The maximum Gasteiger partial charge on any atom is 0.251 e. The third-order valence-electron chi connectivity index (χ3n) is 3.60. The van der Waals surface area contributed by atoms with E-state index in [1.54, 1.807) is 36.2 Å². The van der Waals surface area contributed by atoms with Crippen LogP contribution in [0, 0.1) is 5.82 Å². The van der Waals surface area contributed by atoms with E-state index in [-0.39, 0.29) is 36.7 Å². The first-order chi connectivity index (χ1) is 10.7. The normalized spacial score (nSPS) is 16.2. The van der Waals surface area contributed by atoms with E-state index >= 15 is 0 Å². The molecule has 23 heavy (non-hydrogen) atoms. The molecule has 4 nitrogen and oxygen atoms in total. The van der Waals surface area contributed by atoms with Crippen molar-refractivity contribution in [3.05, 3.63) is 59.2 Å². The van der Waals surface area contributed by atoms with Crippen LogP contribution < -0.4 is 11.1 Å². The van der Waals surface area contributed by atoms with Gasteiger partial charge in [0.05, 0.1) is 11.7 Å². The van der Waals surface area contributed by atoms with Gasteiger partial charge in [0.25, 0.3) is 5.91 Å². The Kier molecular flexibility index (Phi) is 5.98. The number of hydrogen-bond acceptors (Lipinski definition) is 4. The minimum absolute atomic E-state index is 0. The molecule has 0 aliphatic carbocycles. The number of halogens is 2. The van der Waals surface area contributed by atoms with Gasteiger partial charge in [0, 0.05) is 29.0 Å². The molecule has 3 N–H and O–H groups in total. The fourth-order valence-electron chi connectivity index (χ4n) is 2.49. The first-order valence-corrected chi connectivity index (χ1v) is 8.04. The molecular formula is C16H17ClFN3OS. The number of carbonyl (C=O) groups excluding carboxylic acids is 1. The SMILES string of the molecule is Cl.NCc1cc(C(=O)NC2CCSc3ccc(F)cc32)ccn1. The molecule has 0 spiro atoms. The molecule has 7 heteroatoms. The minimum atomic E-state index is -0.283. The van der Waals surface area contributed by atoms with Crippen molar-refractivity contribution >= 4 is 30.1 Å². The molecule has 0 fully saturated rings. The third kappa shape index (κ3) is 4.02. The summed E-state index contributed by atoms with van der Waals surface area (Å²) in [5.74, 6) is 0.424. The zero-order chi connectivity index (χ0) is 15.5. The number of aromatic nitrogens is 1. The van der Waals surface area contributed by atoms with Crippen LogP contribution in [0.1, 0.15) is 34.1 Å². The molecular weight excluding hydrogens is 337 g/mol. The molecule has 0 radical (unpaired) electrons. The van der Waals surface area contributed by atoms with Crippen molar-refractivity contribution in [1.82, 2.24) is 10.3 Å². The average molecular weight is 354 g/mol. The van der Waals surface area contributed by atoms with Crippen molar-refractivity contribution in [2.75, 3.05) is 5.75 Å². The molecule has 1 aliphatic rings. The van der Waals surface area contributed by atoms with Gasteiger partial charge in [0.2, 0.25) is 0 Å². The van der Waals surface area contributed by atoms with Crippen LogP contribution in [0.4, 0.5) is 4.39 Å². The van der Waals surface area contributed by atoms with Gasteiger partial charge in [-0.05, 0) is 42.3 Å². The predicted octanol–water partition coefficient (Wildman–Crippen LogP) is 3.07. The van der Waals surface area contributed by atoms with Gasteiger partial charge in [-0.15, -0.1) is 24.2 Å². The van der Waals surface area contributed by atoms with E-state index in [9.17, 15) is 9.18 Å². The smallest absolute Gasteiger partial charge is 0.251 e. The highest BCUT2D eigenvalue weighted by atomic mass is 35.5. The van der Waals surface area contributed by atoms with E-state index in [0.29, 0.717) is 11.3 Å². The van der Waals surface area contributed by atoms with E-state index < -0.39 is 0 Å². The third-order valence-corrected chi connectivity index (χ3v) is 4.73. The molecule has 1 amide bonds. The Morgan fingerprint density at radius 3 is 3.00 bits per heavy atom. The van der Waals surface area contributed by atoms with E-state index in [1.807, 2.05) is 0 Å². The number of rotatable bonds is 3. The molecule has 2 aromatic rings. The van der Waals surface area contributed by atoms with Gasteiger partial charge in [0.1, 0.15) is 5.82 Å². The lowest BCUT2D eigenvalue weighted by molar-refractivity contribution is 0.0934. The Balaban J connectivity index is 0.00000192. The summed E-state index contributed by atoms with van der Waals surface area (Å²) in [4.78, 5) is 17.5. The van der Waals surface area contributed by atoms with Crippen LogP contribution >= 0.6 is 24.2 Å². The van der Waals surface area contributed by atoms with Gasteiger partial charge in [-0.3, -0.25) is 9.78 Å². The van der Waals surface area contributed by atoms with Crippen molar-refractivity contribution in [1.29, 1.82) is 0 Å². The number of nitrogens with two attached hydrogens (primary N) is 1. The van der Waals surface area contributed by atoms with Gasteiger partial charge in [-0.2, -0.15) is 0 Å². The van der Waals surface area contributed by atoms with Crippen molar-refractivity contribution < 1.29 is 9.18 Å². The van der Waals surface area contributed by atoms with Gasteiger partial charge in [-0.25, -0.2) is 4.39 Å². The lowest BCUT2D eigenvalue weighted by atomic mass is 10.0. The molecule has 0 bridgehead atoms.